The van der Waals surface area contributed by atoms with Gasteiger partial charge in [0.1, 0.15) is 24.4 Å². The second-order valence-corrected chi connectivity index (χ2v) is 28.5. The van der Waals surface area contributed by atoms with Gasteiger partial charge in [0.25, 0.3) is 0 Å². The zero-order chi connectivity index (χ0) is 66.5. The van der Waals surface area contributed by atoms with Gasteiger partial charge in [0.05, 0.1) is 32.0 Å². The van der Waals surface area contributed by atoms with Crippen LogP contribution in [0.1, 0.15) is 418 Å². The fourth-order valence-corrected chi connectivity index (χ4v) is 13.2. The lowest BCUT2D eigenvalue weighted by Crippen LogP contribution is -2.60. The number of nitrogens with one attached hydrogen (secondary N) is 1. The maximum Gasteiger partial charge on any atom is 0.305 e. The highest BCUT2D eigenvalue weighted by Gasteiger charge is 2.44. The Labute approximate surface area is 569 Å². The van der Waals surface area contributed by atoms with Gasteiger partial charge in [0.15, 0.2) is 6.29 Å². The topological polar surface area (TPSA) is 175 Å². The van der Waals surface area contributed by atoms with Crippen LogP contribution in [0, 0.1) is 0 Å². The summed E-state index contributed by atoms with van der Waals surface area (Å²) in [6, 6.07) is -0.806. The van der Waals surface area contributed by atoms with Crippen molar-refractivity contribution in [2.24, 2.45) is 0 Å². The molecule has 0 spiro atoms. The van der Waals surface area contributed by atoms with E-state index in [9.17, 15) is 35.1 Å². The number of esters is 1. The lowest BCUT2D eigenvalue weighted by Gasteiger charge is -2.40. The van der Waals surface area contributed by atoms with Crippen molar-refractivity contribution in [1.29, 1.82) is 0 Å². The maximum atomic E-state index is 13.1. The van der Waals surface area contributed by atoms with E-state index in [-0.39, 0.29) is 18.5 Å². The third-order valence-electron chi connectivity index (χ3n) is 19.6. The lowest BCUT2D eigenvalue weighted by atomic mass is 9.99. The molecule has 6 N–H and O–H groups in total. The Hall–Kier alpha value is -1.86. The van der Waals surface area contributed by atoms with Crippen molar-refractivity contribution in [2.45, 2.75) is 461 Å². The summed E-state index contributed by atoms with van der Waals surface area (Å²) in [7, 11) is 0. The fourth-order valence-electron chi connectivity index (χ4n) is 13.2. The number of ether oxygens (including phenoxy) is 3. The minimum absolute atomic E-state index is 0.0191. The van der Waals surface area contributed by atoms with Crippen molar-refractivity contribution >= 4 is 11.9 Å². The van der Waals surface area contributed by atoms with Gasteiger partial charge in [-0.3, -0.25) is 9.59 Å². The third kappa shape index (κ3) is 58.3. The van der Waals surface area contributed by atoms with Gasteiger partial charge in [-0.15, -0.1) is 0 Å². The molecule has 1 amide bonds. The summed E-state index contributed by atoms with van der Waals surface area (Å²) in [4.78, 5) is 25.1. The van der Waals surface area contributed by atoms with Gasteiger partial charge < -0.3 is 45.1 Å². The van der Waals surface area contributed by atoms with Crippen molar-refractivity contribution in [2.75, 3.05) is 19.8 Å². The SMILES string of the molecule is CCCCCCCCCCCC/C=C/C(O)C(COC1OC(CO)C(O)C(O)C1O)NC(=O)CCCCCCCCCCCCCCCCCCC/C=C\CCCCCCCCCCCCCCCCCCCCOC(=O)CCCCCCCCCCCCCCC. The van der Waals surface area contributed by atoms with Crippen LogP contribution in [-0.2, 0) is 23.8 Å². The number of unbranched alkanes of at least 4 members (excludes halogenated alkanes) is 57. The van der Waals surface area contributed by atoms with E-state index in [1.807, 2.05) is 6.08 Å². The number of aliphatic hydroxyl groups is 5. The molecule has 0 aromatic carbocycles. The minimum Gasteiger partial charge on any atom is -0.466 e. The molecule has 7 atom stereocenters. The molecule has 0 aromatic rings. The Kier molecular flexibility index (Phi) is 67.5. The molecular formula is C81H155NO10. The van der Waals surface area contributed by atoms with Crippen molar-refractivity contribution in [1.82, 2.24) is 5.32 Å². The minimum atomic E-state index is -1.57. The number of hydrogen-bond donors (Lipinski definition) is 6. The number of hydrogen-bond acceptors (Lipinski definition) is 10. The molecule has 0 aromatic heterocycles. The van der Waals surface area contributed by atoms with Crippen LogP contribution in [0.3, 0.4) is 0 Å². The first kappa shape index (κ1) is 88.2. The summed E-state index contributed by atoms with van der Waals surface area (Å²) in [6.07, 6.45) is 80.8. The molecule has 0 radical (unpaired) electrons. The zero-order valence-corrected chi connectivity index (χ0v) is 60.8. The highest BCUT2D eigenvalue weighted by Crippen LogP contribution is 2.24. The van der Waals surface area contributed by atoms with Crippen LogP contribution in [0.25, 0.3) is 0 Å². The quantitative estimate of drug-likeness (QED) is 0.0195. The first-order valence-corrected chi connectivity index (χ1v) is 40.6. The molecule has 7 unspecified atom stereocenters. The summed E-state index contributed by atoms with van der Waals surface area (Å²) in [5, 5.41) is 54.5. The lowest BCUT2D eigenvalue weighted by molar-refractivity contribution is -0.302. The summed E-state index contributed by atoms with van der Waals surface area (Å²) in [5.41, 5.74) is 0. The zero-order valence-electron chi connectivity index (χ0n) is 60.8. The molecule has 1 heterocycles. The molecule has 11 nitrogen and oxygen atoms in total. The third-order valence-corrected chi connectivity index (χ3v) is 19.6. The van der Waals surface area contributed by atoms with E-state index in [0.717, 1.165) is 51.4 Å². The molecule has 1 rings (SSSR count). The van der Waals surface area contributed by atoms with Crippen LogP contribution in [0.2, 0.25) is 0 Å². The fraction of sp³-hybridized carbons (Fsp3) is 0.926. The number of carbonyl (C=O) groups is 2. The molecule has 0 bridgehead atoms. The standard InChI is InChI=1S/C81H155NO10/c1-3-5-7-9-11-13-15-44-49-53-57-61-65-69-77(86)90-70-66-62-58-54-50-46-43-41-39-37-35-33-31-29-27-25-23-21-19-17-18-20-22-24-26-28-30-32-34-36-38-40-42-45-48-52-56-60-64-68-76(85)82-73(72-91-81-80(89)79(88)78(87)75(71-83)92-81)74(84)67-63-59-55-51-47-16-14-12-10-8-6-4-2/h17-18,63,67,73-75,78-81,83-84,87-89H,3-16,19-62,64-66,68-72H2,1-2H3,(H,82,85)/b18-17-,67-63+. The average Bonchev–Trinajstić information content (AvgIpc) is 1.08. The van der Waals surface area contributed by atoms with Crippen molar-refractivity contribution in [3.63, 3.8) is 0 Å². The highest BCUT2D eigenvalue weighted by molar-refractivity contribution is 5.76. The van der Waals surface area contributed by atoms with Gasteiger partial charge in [0, 0.05) is 12.8 Å². The molecule has 544 valence electrons. The van der Waals surface area contributed by atoms with Crippen LogP contribution in [-0.4, -0.2) is 100 Å². The van der Waals surface area contributed by atoms with Crippen LogP contribution < -0.4 is 5.32 Å². The van der Waals surface area contributed by atoms with E-state index in [2.05, 4.69) is 31.3 Å². The summed E-state index contributed by atoms with van der Waals surface area (Å²) < 4.78 is 16.8. The molecule has 1 fully saturated rings. The van der Waals surface area contributed by atoms with Crippen molar-refractivity contribution in [3.8, 4) is 0 Å². The second kappa shape index (κ2) is 70.5. The molecule has 1 aliphatic rings. The number of rotatable bonds is 73. The molecule has 92 heavy (non-hydrogen) atoms. The van der Waals surface area contributed by atoms with E-state index in [4.69, 9.17) is 14.2 Å². The number of amides is 1. The van der Waals surface area contributed by atoms with E-state index >= 15 is 0 Å². The van der Waals surface area contributed by atoms with E-state index in [0.29, 0.717) is 19.4 Å². The summed E-state index contributed by atoms with van der Waals surface area (Å²) >= 11 is 0. The van der Waals surface area contributed by atoms with Gasteiger partial charge in [-0.05, 0) is 57.8 Å². The van der Waals surface area contributed by atoms with Crippen LogP contribution >= 0.6 is 0 Å². The number of allylic oxidation sites excluding steroid dienone is 3. The predicted octanol–water partition coefficient (Wildman–Crippen LogP) is 21.9. The van der Waals surface area contributed by atoms with Gasteiger partial charge in [-0.1, -0.05) is 372 Å². The van der Waals surface area contributed by atoms with E-state index < -0.39 is 49.5 Å². The molecule has 11 heteroatoms. The second-order valence-electron chi connectivity index (χ2n) is 28.5. The molecular weight excluding hydrogens is 1150 g/mol. The average molecular weight is 1300 g/mol. The maximum absolute atomic E-state index is 13.1. The molecule has 1 aliphatic heterocycles. The van der Waals surface area contributed by atoms with Gasteiger partial charge in [0.2, 0.25) is 5.91 Å². The summed E-state index contributed by atoms with van der Waals surface area (Å²) in [5.74, 6) is -0.156. The Balaban J connectivity index is 1.88. The van der Waals surface area contributed by atoms with E-state index in [1.165, 1.54) is 340 Å². The van der Waals surface area contributed by atoms with E-state index in [1.54, 1.807) is 6.08 Å². The Morgan fingerprint density at radius 2 is 0.696 bits per heavy atom. The Morgan fingerprint density at radius 1 is 0.391 bits per heavy atom. The van der Waals surface area contributed by atoms with Crippen molar-refractivity contribution < 1.29 is 49.3 Å². The van der Waals surface area contributed by atoms with Crippen molar-refractivity contribution in [3.05, 3.63) is 24.3 Å². The first-order chi connectivity index (χ1) is 45.2. The van der Waals surface area contributed by atoms with Gasteiger partial charge >= 0.3 is 5.97 Å². The van der Waals surface area contributed by atoms with Crippen LogP contribution in [0.15, 0.2) is 24.3 Å². The molecule has 1 saturated heterocycles. The predicted molar refractivity (Wildman–Crippen MR) is 389 cm³/mol. The molecule has 0 aliphatic carbocycles. The van der Waals surface area contributed by atoms with Gasteiger partial charge in [-0.2, -0.15) is 0 Å². The smallest absolute Gasteiger partial charge is 0.305 e. The Bertz CT molecular complexity index is 1580. The molecule has 0 saturated carbocycles. The van der Waals surface area contributed by atoms with Crippen LogP contribution in [0.5, 0.6) is 0 Å². The normalized spacial score (nSPS) is 17.6. The number of aliphatic hydroxyl groups excluding tert-OH is 5. The van der Waals surface area contributed by atoms with Crippen LogP contribution in [0.4, 0.5) is 0 Å². The number of carbonyl (C=O) groups excluding carboxylic acids is 2. The first-order valence-electron chi connectivity index (χ1n) is 40.6. The largest absolute Gasteiger partial charge is 0.466 e. The summed E-state index contributed by atoms with van der Waals surface area (Å²) in [6.45, 7) is 4.40. The Morgan fingerprint density at radius 3 is 1.04 bits per heavy atom. The monoisotopic (exact) mass is 1300 g/mol. The highest BCUT2D eigenvalue weighted by atomic mass is 16.7. The van der Waals surface area contributed by atoms with Gasteiger partial charge in [-0.25, -0.2) is 0 Å².